The van der Waals surface area contributed by atoms with Crippen LogP contribution in [0.3, 0.4) is 0 Å². The highest BCUT2D eigenvalue weighted by atomic mass is 32.2. The van der Waals surface area contributed by atoms with E-state index in [0.717, 1.165) is 12.8 Å². The molecule has 0 radical (unpaired) electrons. The molecule has 8 nitrogen and oxygen atoms in total. The number of rotatable bonds is 2. The SMILES string of the molecule is Cc1n[nH]c(C)c1S(=O)(=O)N1CCC2(C/C=C/CCOc3ccccc3C(=O)NC2)CC1. The first-order valence-corrected chi connectivity index (χ1v) is 12.4. The lowest BCUT2D eigenvalue weighted by Gasteiger charge is -2.41. The zero-order chi connectivity index (χ0) is 22.8. The topological polar surface area (TPSA) is 104 Å². The number of aromatic amines is 1. The van der Waals surface area contributed by atoms with Crippen molar-refractivity contribution in [2.45, 2.75) is 44.4 Å². The molecular weight excluding hydrogens is 428 g/mol. The van der Waals surface area contributed by atoms with E-state index in [2.05, 4.69) is 27.7 Å². The monoisotopic (exact) mass is 458 g/mol. The molecule has 0 bridgehead atoms. The standard InChI is InChI=1S/C23H30N4O4S/c1-17-21(18(2)26-25-17)32(29,30)27-13-11-23(12-14-27)10-6-3-7-15-31-20-9-5-4-8-19(20)22(28)24-16-23/h3-6,8-9H,7,10-16H2,1-2H3,(H,24,28)(H,25,26)/b6-3+. The Balaban J connectivity index is 1.52. The number of sulfonamides is 1. The van der Waals surface area contributed by atoms with Crippen LogP contribution in [0.5, 0.6) is 5.75 Å². The summed E-state index contributed by atoms with van der Waals surface area (Å²) in [5, 5.41) is 9.90. The summed E-state index contributed by atoms with van der Waals surface area (Å²) in [7, 11) is -3.61. The van der Waals surface area contributed by atoms with Crippen molar-refractivity contribution in [1.29, 1.82) is 0 Å². The molecule has 2 aromatic rings. The summed E-state index contributed by atoms with van der Waals surface area (Å²) < 4.78 is 33.8. The van der Waals surface area contributed by atoms with Crippen molar-refractivity contribution in [2.24, 2.45) is 5.41 Å². The van der Waals surface area contributed by atoms with Gasteiger partial charge in [0.25, 0.3) is 5.91 Å². The second-order valence-electron chi connectivity index (χ2n) is 8.66. The zero-order valence-corrected chi connectivity index (χ0v) is 19.4. The van der Waals surface area contributed by atoms with E-state index >= 15 is 0 Å². The van der Waals surface area contributed by atoms with Gasteiger partial charge < -0.3 is 10.1 Å². The van der Waals surface area contributed by atoms with Crippen LogP contribution in [0.4, 0.5) is 0 Å². The number of amides is 1. The molecule has 1 aromatic heterocycles. The number of aromatic nitrogens is 2. The number of fused-ring (bicyclic) bond motifs is 1. The van der Waals surface area contributed by atoms with Crippen molar-refractivity contribution >= 4 is 15.9 Å². The van der Waals surface area contributed by atoms with Crippen molar-refractivity contribution < 1.29 is 17.9 Å². The van der Waals surface area contributed by atoms with E-state index in [1.807, 2.05) is 18.2 Å². The first kappa shape index (κ1) is 22.5. The van der Waals surface area contributed by atoms with Crippen LogP contribution in [-0.4, -0.2) is 55.1 Å². The van der Waals surface area contributed by atoms with Gasteiger partial charge in [0.05, 0.1) is 23.6 Å². The van der Waals surface area contributed by atoms with Gasteiger partial charge in [-0.25, -0.2) is 8.42 Å². The number of allylic oxidation sites excluding steroid dienone is 1. The molecule has 4 rings (SSSR count). The number of aryl methyl sites for hydroxylation is 2. The van der Waals surface area contributed by atoms with E-state index in [4.69, 9.17) is 4.74 Å². The molecule has 1 aromatic carbocycles. The molecule has 3 heterocycles. The number of carbonyl (C=O) groups is 1. The predicted octanol–water partition coefficient (Wildman–Crippen LogP) is 2.96. The number of hydrogen-bond donors (Lipinski definition) is 2. The third-order valence-corrected chi connectivity index (χ3v) is 8.62. The Morgan fingerprint density at radius 3 is 2.59 bits per heavy atom. The quantitative estimate of drug-likeness (QED) is 0.674. The average Bonchev–Trinajstić information content (AvgIpc) is 3.13. The fraction of sp³-hybridized carbons (Fsp3) is 0.478. The highest BCUT2D eigenvalue weighted by Gasteiger charge is 2.39. The Hall–Kier alpha value is -2.65. The maximum absolute atomic E-state index is 13.2. The maximum Gasteiger partial charge on any atom is 0.255 e. The van der Waals surface area contributed by atoms with E-state index in [1.54, 1.807) is 24.2 Å². The van der Waals surface area contributed by atoms with Crippen LogP contribution >= 0.6 is 0 Å². The predicted molar refractivity (Wildman–Crippen MR) is 121 cm³/mol. The highest BCUT2D eigenvalue weighted by molar-refractivity contribution is 7.89. The van der Waals surface area contributed by atoms with Crippen LogP contribution in [0, 0.1) is 19.3 Å². The van der Waals surface area contributed by atoms with Crippen LogP contribution in [0.1, 0.15) is 47.4 Å². The first-order valence-electron chi connectivity index (χ1n) is 11.0. The molecule has 0 unspecified atom stereocenters. The molecule has 0 aliphatic carbocycles. The van der Waals surface area contributed by atoms with Gasteiger partial charge in [-0.1, -0.05) is 24.3 Å². The highest BCUT2D eigenvalue weighted by Crippen LogP contribution is 2.37. The molecule has 1 spiro atoms. The lowest BCUT2D eigenvalue weighted by molar-refractivity contribution is 0.0891. The van der Waals surface area contributed by atoms with Gasteiger partial charge in [-0.05, 0) is 57.1 Å². The van der Waals surface area contributed by atoms with E-state index in [9.17, 15) is 13.2 Å². The Labute approximate surface area is 189 Å². The number of carbonyl (C=O) groups excluding carboxylic acids is 1. The molecule has 0 atom stereocenters. The van der Waals surface area contributed by atoms with Crippen molar-refractivity contribution in [3.05, 3.63) is 53.4 Å². The summed E-state index contributed by atoms with van der Waals surface area (Å²) in [6, 6.07) is 7.26. The lowest BCUT2D eigenvalue weighted by Crippen LogP contribution is -2.48. The van der Waals surface area contributed by atoms with E-state index in [1.165, 1.54) is 0 Å². The third kappa shape index (κ3) is 4.45. The summed E-state index contributed by atoms with van der Waals surface area (Å²) in [4.78, 5) is 13.2. The van der Waals surface area contributed by atoms with Gasteiger partial charge in [0.2, 0.25) is 10.0 Å². The number of hydrogen-bond acceptors (Lipinski definition) is 5. The summed E-state index contributed by atoms with van der Waals surface area (Å²) >= 11 is 0. The number of ether oxygens (including phenoxy) is 1. The molecule has 9 heteroatoms. The fourth-order valence-corrected chi connectivity index (χ4v) is 6.31. The zero-order valence-electron chi connectivity index (χ0n) is 18.6. The van der Waals surface area contributed by atoms with E-state index in [0.29, 0.717) is 61.8 Å². The average molecular weight is 459 g/mol. The van der Waals surface area contributed by atoms with Crippen LogP contribution < -0.4 is 10.1 Å². The molecule has 1 fully saturated rings. The molecule has 32 heavy (non-hydrogen) atoms. The summed E-state index contributed by atoms with van der Waals surface area (Å²) in [5.74, 6) is 0.420. The van der Waals surface area contributed by atoms with Gasteiger partial charge in [0.15, 0.2) is 0 Å². The second kappa shape index (κ2) is 9.07. The normalized spacial score (nSPS) is 21.0. The van der Waals surface area contributed by atoms with Crippen molar-refractivity contribution in [3.63, 3.8) is 0 Å². The number of nitrogens with zero attached hydrogens (tertiary/aromatic N) is 2. The number of nitrogens with one attached hydrogen (secondary N) is 2. The van der Waals surface area contributed by atoms with Gasteiger partial charge in [-0.2, -0.15) is 9.40 Å². The van der Waals surface area contributed by atoms with E-state index < -0.39 is 10.0 Å². The number of H-pyrrole nitrogens is 1. The fourth-order valence-electron chi connectivity index (χ4n) is 4.54. The van der Waals surface area contributed by atoms with Gasteiger partial charge in [-0.15, -0.1) is 0 Å². The molecule has 1 saturated heterocycles. The Kier molecular flexibility index (Phi) is 6.39. The minimum Gasteiger partial charge on any atom is -0.492 e. The van der Waals surface area contributed by atoms with Crippen LogP contribution in [0.15, 0.2) is 41.3 Å². The van der Waals surface area contributed by atoms with Crippen molar-refractivity contribution in [3.8, 4) is 5.75 Å². The minimum absolute atomic E-state index is 0.163. The maximum atomic E-state index is 13.2. The molecular formula is C23H30N4O4S. The second-order valence-corrected chi connectivity index (χ2v) is 10.5. The Morgan fingerprint density at radius 2 is 1.88 bits per heavy atom. The van der Waals surface area contributed by atoms with Gasteiger partial charge >= 0.3 is 0 Å². The Bertz CT molecular complexity index is 1100. The van der Waals surface area contributed by atoms with Crippen LogP contribution in [0.25, 0.3) is 0 Å². The molecule has 2 N–H and O–H groups in total. The number of para-hydroxylation sites is 1. The summed E-state index contributed by atoms with van der Waals surface area (Å²) in [6.07, 6.45) is 7.13. The van der Waals surface area contributed by atoms with Crippen molar-refractivity contribution in [2.75, 3.05) is 26.2 Å². The van der Waals surface area contributed by atoms with Crippen LogP contribution in [-0.2, 0) is 10.0 Å². The molecule has 0 saturated carbocycles. The van der Waals surface area contributed by atoms with Crippen LogP contribution in [0.2, 0.25) is 0 Å². The van der Waals surface area contributed by atoms with Gasteiger partial charge in [-0.3, -0.25) is 9.89 Å². The smallest absolute Gasteiger partial charge is 0.255 e. The summed E-state index contributed by atoms with van der Waals surface area (Å²) in [5.41, 5.74) is 1.39. The largest absolute Gasteiger partial charge is 0.492 e. The molecule has 2 aliphatic heterocycles. The number of benzene rings is 1. The Morgan fingerprint density at radius 1 is 1.12 bits per heavy atom. The minimum atomic E-state index is -3.61. The number of piperidine rings is 1. The van der Waals surface area contributed by atoms with Crippen molar-refractivity contribution in [1.82, 2.24) is 19.8 Å². The molecule has 1 amide bonds. The third-order valence-electron chi connectivity index (χ3n) is 6.46. The van der Waals surface area contributed by atoms with Gasteiger partial charge in [0.1, 0.15) is 10.6 Å². The lowest BCUT2D eigenvalue weighted by atomic mass is 9.76. The molecule has 172 valence electrons. The summed E-state index contributed by atoms with van der Waals surface area (Å²) in [6.45, 7) is 5.25. The van der Waals surface area contributed by atoms with Gasteiger partial charge in [0, 0.05) is 19.6 Å². The first-order chi connectivity index (χ1) is 15.3. The van der Waals surface area contributed by atoms with E-state index in [-0.39, 0.29) is 16.2 Å². The molecule has 2 aliphatic rings.